The molecular weight excluding hydrogens is 917 g/mol. The summed E-state index contributed by atoms with van der Waals surface area (Å²) in [5.74, 6) is -2.26. The van der Waals surface area contributed by atoms with Crippen LogP contribution in [0.3, 0.4) is 0 Å². The zero-order valence-corrected chi connectivity index (χ0v) is 44.8. The molecule has 2 aliphatic rings. The van der Waals surface area contributed by atoms with Crippen LogP contribution in [0.25, 0.3) is 0 Å². The first kappa shape index (κ1) is 63.8. The second-order valence-electron chi connectivity index (χ2n) is 18.0. The molecule has 0 spiro atoms. The van der Waals surface area contributed by atoms with Gasteiger partial charge in [-0.15, -0.1) is 0 Å². The van der Waals surface area contributed by atoms with E-state index in [1.807, 2.05) is 19.2 Å². The molecule has 2 fully saturated rings. The van der Waals surface area contributed by atoms with Gasteiger partial charge in [-0.1, -0.05) is 76.7 Å². The second kappa shape index (κ2) is 47.2. The van der Waals surface area contributed by atoms with Crippen LogP contribution in [-0.4, -0.2) is 142 Å². The third-order valence-electron chi connectivity index (χ3n) is 11.9. The van der Waals surface area contributed by atoms with Crippen LogP contribution >= 0.6 is 24.4 Å². The summed E-state index contributed by atoms with van der Waals surface area (Å²) in [5, 5.41) is 6.11. The Balaban J connectivity index is 0.00000188. The molecule has 0 aromatic rings. The fourth-order valence-corrected chi connectivity index (χ4v) is 8.11. The largest absolute Gasteiger partial charge is 0.470 e. The van der Waals surface area contributed by atoms with Crippen molar-refractivity contribution in [1.29, 1.82) is 0 Å². The van der Waals surface area contributed by atoms with Crippen LogP contribution in [0.4, 0.5) is 0 Å². The van der Waals surface area contributed by atoms with E-state index in [9.17, 15) is 19.2 Å². The van der Waals surface area contributed by atoms with E-state index in [0.29, 0.717) is 45.1 Å². The third kappa shape index (κ3) is 38.2. The normalized spacial score (nSPS) is 14.8. The van der Waals surface area contributed by atoms with E-state index in [-0.39, 0.29) is 56.4 Å². The molecule has 2 atom stereocenters. The van der Waals surface area contributed by atoms with Gasteiger partial charge >= 0.3 is 23.9 Å². The number of thiocarbonyl (C=S) groups is 2. The van der Waals surface area contributed by atoms with Crippen molar-refractivity contribution in [1.82, 2.24) is 20.4 Å². The number of hydrogen-bond donors (Lipinski definition) is 2. The zero-order valence-electron chi connectivity index (χ0n) is 43.2. The Kier molecular flexibility index (Phi) is 43.6. The fraction of sp³-hybridized carbons (Fsp3) is 0.811. The molecule has 0 aromatic heterocycles. The number of esters is 4. The maximum absolute atomic E-state index is 13.3. The van der Waals surface area contributed by atoms with Crippen molar-refractivity contribution >= 4 is 59.0 Å². The van der Waals surface area contributed by atoms with Gasteiger partial charge in [0.2, 0.25) is 12.2 Å². The van der Waals surface area contributed by atoms with Gasteiger partial charge in [0.05, 0.1) is 13.2 Å². The maximum Gasteiger partial charge on any atom is 0.352 e. The van der Waals surface area contributed by atoms with Gasteiger partial charge in [0.15, 0.2) is 0 Å². The number of hydrogen-bond acceptors (Lipinski definition) is 15. The van der Waals surface area contributed by atoms with Gasteiger partial charge in [-0.3, -0.25) is 9.59 Å². The summed E-state index contributed by atoms with van der Waals surface area (Å²) in [7, 11) is 2.02. The van der Waals surface area contributed by atoms with Gasteiger partial charge in [-0.05, 0) is 193 Å². The summed E-state index contributed by atoms with van der Waals surface area (Å²) in [6, 6.07) is 0. The smallest absolute Gasteiger partial charge is 0.352 e. The van der Waals surface area contributed by atoms with Crippen molar-refractivity contribution in [3.05, 3.63) is 24.3 Å². The Morgan fingerprint density at radius 1 is 0.551 bits per heavy atom. The quantitative estimate of drug-likeness (QED) is 0.0196. The number of nitrogens with zero attached hydrogens (tertiary/aromatic N) is 2. The second-order valence-corrected chi connectivity index (χ2v) is 18.5. The number of allylic oxidation sites excluding steroid dienone is 2. The zero-order chi connectivity index (χ0) is 50.3. The highest BCUT2D eigenvalue weighted by Gasteiger charge is 2.40. The van der Waals surface area contributed by atoms with Crippen LogP contribution in [0.2, 0.25) is 0 Å². The molecule has 0 amide bonds. The number of ether oxygens (including phenoxy) is 6. The summed E-state index contributed by atoms with van der Waals surface area (Å²) in [6.45, 7) is 14.0. The van der Waals surface area contributed by atoms with Crippen LogP contribution < -0.4 is 10.6 Å². The molecule has 69 heavy (non-hydrogen) atoms. The number of unbranched alkanes of at least 4 members (excludes halogenated alkanes) is 14. The van der Waals surface area contributed by atoms with Gasteiger partial charge < -0.3 is 48.9 Å². The van der Waals surface area contributed by atoms with Crippen LogP contribution in [-0.2, 0) is 47.6 Å². The molecule has 0 radical (unpaired) electrons. The van der Waals surface area contributed by atoms with Gasteiger partial charge in [0, 0.05) is 19.4 Å². The minimum absolute atomic E-state index is 0.0301. The van der Waals surface area contributed by atoms with Crippen LogP contribution in [0, 0.1) is 0 Å². The first-order chi connectivity index (χ1) is 33.7. The Bertz CT molecular complexity index is 1380. The van der Waals surface area contributed by atoms with E-state index in [2.05, 4.69) is 46.4 Å². The number of rotatable bonds is 42. The molecule has 14 nitrogen and oxygen atoms in total. The van der Waals surface area contributed by atoms with E-state index in [1.165, 1.54) is 103 Å². The first-order valence-electron chi connectivity index (χ1n) is 26.8. The first-order valence-corrected chi connectivity index (χ1v) is 27.7. The fourth-order valence-electron chi connectivity index (χ4n) is 7.78. The van der Waals surface area contributed by atoms with E-state index in [1.54, 1.807) is 0 Å². The predicted octanol–water partition coefficient (Wildman–Crippen LogP) is 9.89. The summed E-state index contributed by atoms with van der Waals surface area (Å²) in [6.07, 6.45) is 30.0. The molecule has 2 rings (SSSR count). The van der Waals surface area contributed by atoms with E-state index < -0.39 is 24.1 Å². The van der Waals surface area contributed by atoms with Gasteiger partial charge in [0.25, 0.3) is 5.17 Å². The Hall–Kier alpha value is -3.18. The summed E-state index contributed by atoms with van der Waals surface area (Å²) in [4.78, 5) is 55.7. The van der Waals surface area contributed by atoms with Crippen LogP contribution in [0.15, 0.2) is 24.3 Å². The van der Waals surface area contributed by atoms with Crippen molar-refractivity contribution in [2.45, 2.75) is 193 Å². The molecule has 2 unspecified atom stereocenters. The molecule has 0 aliphatic carbocycles. The molecular formula is C53H94N4O10S2. The van der Waals surface area contributed by atoms with Crippen LogP contribution in [0.1, 0.15) is 181 Å². The molecule has 0 bridgehead atoms. The van der Waals surface area contributed by atoms with E-state index in [4.69, 9.17) is 52.9 Å². The third-order valence-corrected chi connectivity index (χ3v) is 12.2. The monoisotopic (exact) mass is 1010 g/mol. The molecule has 0 aromatic carbocycles. The molecule has 2 aliphatic heterocycles. The van der Waals surface area contributed by atoms with E-state index >= 15 is 0 Å². The average molecular weight is 1010 g/mol. The summed E-state index contributed by atoms with van der Waals surface area (Å²) < 4.78 is 32.6. The molecule has 2 N–H and O–H groups in total. The minimum Gasteiger partial charge on any atom is -0.470 e. The summed E-state index contributed by atoms with van der Waals surface area (Å²) in [5.41, 5.74) is 0.875. The van der Waals surface area contributed by atoms with Crippen molar-refractivity contribution in [3.8, 4) is 0 Å². The highest BCUT2D eigenvalue weighted by molar-refractivity contribution is 7.80. The molecule has 0 saturated carbocycles. The van der Waals surface area contributed by atoms with Crippen molar-refractivity contribution < 1.29 is 47.6 Å². The number of carbonyl (C=O) groups excluding carboxylic acids is 4. The van der Waals surface area contributed by atoms with Crippen molar-refractivity contribution in [2.24, 2.45) is 0 Å². The highest BCUT2D eigenvalue weighted by atomic mass is 32.1. The molecule has 2 heterocycles. The lowest BCUT2D eigenvalue weighted by Crippen LogP contribution is -2.47. The lowest BCUT2D eigenvalue weighted by atomic mass is 10.1. The Morgan fingerprint density at radius 2 is 1.01 bits per heavy atom. The number of likely N-dealkylation sites (tertiary alicyclic amines) is 2. The molecule has 2 saturated heterocycles. The molecule has 16 heteroatoms. The van der Waals surface area contributed by atoms with Crippen LogP contribution in [0.5, 0.6) is 0 Å². The number of nitrogens with one attached hydrogen (secondary N) is 2. The SMILES string of the molecule is CCCCCC/C=C\COC(=O)CCCCCOC(=O)C(OC=S)C(OC(=S)NCCCCN1CCCC1)C(=O)OCCCCCC(=O)OC/C=C\CCCCCC.CNCCCCN1CCCC1. The maximum atomic E-state index is 13.3. The lowest BCUT2D eigenvalue weighted by molar-refractivity contribution is -0.170. The number of carbonyl (C=O) groups is 4. The summed E-state index contributed by atoms with van der Waals surface area (Å²) >= 11 is 10.3. The highest BCUT2D eigenvalue weighted by Crippen LogP contribution is 2.14. The van der Waals surface area contributed by atoms with Gasteiger partial charge in [-0.2, -0.15) is 0 Å². The standard InChI is InChI=1S/C44H74N2O10S2.C9H20N2/c1-3-5-7-9-11-13-23-33-51-38(47)27-17-15-25-35-53-42(49)40(55-37-57)41(56-44(58)45-29-19-20-30-46-31-21-22-32-46)43(50)54-36-26-16-18-28-39(48)52-34-24-14-12-10-8-6-4-2;1-10-6-2-3-7-11-8-4-5-9-11/h13-14,23-24,37,40-41H,3-12,15-22,25-36H2,1-2H3,(H,45,58);10H,2-9H2,1H3/b23-13-,24-14-;. The van der Waals surface area contributed by atoms with Gasteiger partial charge in [0.1, 0.15) is 18.8 Å². The molecule has 398 valence electrons. The van der Waals surface area contributed by atoms with Gasteiger partial charge in [-0.25, -0.2) is 9.59 Å². The van der Waals surface area contributed by atoms with Crippen molar-refractivity contribution in [2.75, 3.05) is 85.8 Å². The minimum atomic E-state index is -1.58. The van der Waals surface area contributed by atoms with Crippen molar-refractivity contribution in [3.63, 3.8) is 0 Å². The lowest BCUT2D eigenvalue weighted by Gasteiger charge is -2.24. The Labute approximate surface area is 428 Å². The van der Waals surface area contributed by atoms with E-state index in [0.717, 1.165) is 63.7 Å². The Morgan fingerprint density at radius 3 is 1.48 bits per heavy atom. The average Bonchev–Trinajstić information content (AvgIpc) is 4.08. The topological polar surface area (TPSA) is 154 Å². The predicted molar refractivity (Wildman–Crippen MR) is 284 cm³/mol.